The zero-order valence-corrected chi connectivity index (χ0v) is 24.7. The van der Waals surface area contributed by atoms with Crippen molar-refractivity contribution in [2.45, 2.75) is 32.6 Å². The quantitative estimate of drug-likeness (QED) is 0.482. The topological polar surface area (TPSA) is 136 Å². The first-order valence-corrected chi connectivity index (χ1v) is 13.1. The number of hydrogen-bond donors (Lipinski definition) is 2. The molecule has 0 aliphatic carbocycles. The maximum atomic E-state index is 12.6. The maximum absolute atomic E-state index is 12.6. The Morgan fingerprint density at radius 2 is 1.65 bits per heavy atom. The van der Waals surface area contributed by atoms with Crippen molar-refractivity contribution in [3.8, 4) is 16.9 Å². The van der Waals surface area contributed by atoms with Crippen LogP contribution in [0.5, 0.6) is 5.75 Å². The number of carbonyl (C=O) groups is 2. The molecule has 1 saturated heterocycles. The molecule has 3 aromatic rings. The van der Waals surface area contributed by atoms with Crippen molar-refractivity contribution >= 4 is 73.7 Å². The summed E-state index contributed by atoms with van der Waals surface area (Å²) in [5.41, 5.74) is 3.54. The van der Waals surface area contributed by atoms with Gasteiger partial charge in [0, 0.05) is 65.0 Å². The summed E-state index contributed by atoms with van der Waals surface area (Å²) in [6.45, 7) is 6.53. The number of urea groups is 1. The van der Waals surface area contributed by atoms with Crippen molar-refractivity contribution < 1.29 is 28.2 Å². The van der Waals surface area contributed by atoms with Crippen LogP contribution in [0.4, 0.5) is 16.2 Å². The number of imide groups is 1. The number of carbonyl (C=O) groups excluding carboxylic acids is 2. The van der Waals surface area contributed by atoms with Gasteiger partial charge in [0.2, 0.25) is 15.9 Å². The summed E-state index contributed by atoms with van der Waals surface area (Å²) in [6, 6.07) is 14.6. The van der Waals surface area contributed by atoms with Crippen LogP contribution in [0.15, 0.2) is 48.5 Å². The zero-order chi connectivity index (χ0) is 25.5. The molecule has 0 bridgehead atoms. The van der Waals surface area contributed by atoms with Crippen LogP contribution >= 0.6 is 0 Å². The number of methoxy groups -OCH3 is 1. The summed E-state index contributed by atoms with van der Waals surface area (Å²) in [4.78, 5) is 25.8. The van der Waals surface area contributed by atoms with Gasteiger partial charge in [0.15, 0.2) is 0 Å². The van der Waals surface area contributed by atoms with E-state index in [0.29, 0.717) is 23.7 Å². The first-order valence-electron chi connectivity index (χ1n) is 11.2. The van der Waals surface area contributed by atoms with Gasteiger partial charge in [-0.15, -0.1) is 0 Å². The van der Waals surface area contributed by atoms with Crippen LogP contribution in [0, 0.1) is 0 Å². The fourth-order valence-corrected chi connectivity index (χ4v) is 4.82. The summed E-state index contributed by atoms with van der Waals surface area (Å²) >= 11 is 0. The van der Waals surface area contributed by atoms with Crippen molar-refractivity contribution in [1.82, 2.24) is 5.32 Å². The van der Waals surface area contributed by atoms with Crippen LogP contribution in [-0.4, -0.2) is 75.3 Å². The summed E-state index contributed by atoms with van der Waals surface area (Å²) < 4.78 is 31.6. The number of nitrogens with one attached hydrogen (secondary N) is 2. The van der Waals surface area contributed by atoms with Crippen molar-refractivity contribution in [2.24, 2.45) is 0 Å². The normalized spacial score (nSPS) is 13.9. The third kappa shape index (κ3) is 6.82. The van der Waals surface area contributed by atoms with Crippen LogP contribution in [0.3, 0.4) is 0 Å². The molecule has 11 heteroatoms. The molecule has 1 aliphatic heterocycles. The monoisotopic (exact) mass is 536 g/mol. The first-order chi connectivity index (χ1) is 16.4. The van der Waals surface area contributed by atoms with Gasteiger partial charge in [0.25, 0.3) is 0 Å². The molecule has 0 unspecified atom stereocenters. The van der Waals surface area contributed by atoms with Crippen molar-refractivity contribution in [1.29, 1.82) is 0 Å². The molecule has 3 aromatic carbocycles. The van der Waals surface area contributed by atoms with Crippen LogP contribution < -0.4 is 19.7 Å². The van der Waals surface area contributed by atoms with E-state index in [2.05, 4.69) is 30.8 Å². The molecule has 1 heterocycles. The standard InChI is InChI=1S/C26H29N3O5S.Na.H2O/c1-26(2,3)22-15-20(29-11-10-23(30)27-25(29)31)14-21(24(22)34-4)18-7-6-17-13-19(28-35(5,32)33)9-8-16(17)12-18;;/h6-9,12-15,28H,10-11H2,1-5H3,(H,27,30,31);;1H2. The number of sulfonamides is 1. The van der Waals surface area contributed by atoms with Crippen molar-refractivity contribution in [3.63, 3.8) is 0 Å². The second kappa shape index (κ2) is 11.4. The maximum Gasteiger partial charge on any atom is 0.328 e. The van der Waals surface area contributed by atoms with E-state index in [1.165, 1.54) is 0 Å². The second-order valence-electron chi connectivity index (χ2n) is 9.73. The molecular weight excluding hydrogens is 505 g/mol. The number of anilines is 2. The molecule has 0 atom stereocenters. The van der Waals surface area contributed by atoms with Crippen LogP contribution in [0.25, 0.3) is 21.9 Å². The molecule has 0 aromatic heterocycles. The molecule has 4 N–H and O–H groups in total. The molecule has 1 fully saturated rings. The molecule has 9 nitrogen and oxygen atoms in total. The fraction of sp³-hybridized carbons (Fsp3) is 0.308. The molecule has 37 heavy (non-hydrogen) atoms. The van der Waals surface area contributed by atoms with Crippen LogP contribution in [0.1, 0.15) is 32.8 Å². The Balaban J connectivity index is 0.00000241. The van der Waals surface area contributed by atoms with Gasteiger partial charge in [-0.1, -0.05) is 39.0 Å². The number of amides is 3. The molecule has 1 radical (unpaired) electrons. The van der Waals surface area contributed by atoms with Crippen LogP contribution in [-0.2, 0) is 20.2 Å². The fourth-order valence-electron chi connectivity index (χ4n) is 4.26. The summed E-state index contributed by atoms with van der Waals surface area (Å²) in [7, 11) is -1.74. The van der Waals surface area contributed by atoms with E-state index in [4.69, 9.17) is 4.74 Å². The molecule has 193 valence electrons. The van der Waals surface area contributed by atoms with Gasteiger partial charge in [-0.05, 0) is 52.1 Å². The Morgan fingerprint density at radius 1 is 1.00 bits per heavy atom. The van der Waals surface area contributed by atoms with Gasteiger partial charge < -0.3 is 10.2 Å². The summed E-state index contributed by atoms with van der Waals surface area (Å²) in [5, 5.41) is 4.19. The zero-order valence-electron chi connectivity index (χ0n) is 21.9. The van der Waals surface area contributed by atoms with Gasteiger partial charge in [-0.25, -0.2) is 13.2 Å². The molecule has 0 spiro atoms. The van der Waals surface area contributed by atoms with Crippen LogP contribution in [0.2, 0.25) is 0 Å². The summed E-state index contributed by atoms with van der Waals surface area (Å²) in [6.07, 6.45) is 1.35. The minimum atomic E-state index is -3.37. The predicted octanol–water partition coefficient (Wildman–Crippen LogP) is 3.43. The summed E-state index contributed by atoms with van der Waals surface area (Å²) in [5.74, 6) is 0.430. The predicted molar refractivity (Wildman–Crippen MR) is 148 cm³/mol. The van der Waals surface area contributed by atoms with E-state index in [1.54, 1.807) is 24.1 Å². The Kier molecular flexibility index (Phi) is 9.43. The van der Waals surface area contributed by atoms with Gasteiger partial charge in [0.05, 0.1) is 13.4 Å². The van der Waals surface area contributed by atoms with E-state index in [0.717, 1.165) is 33.7 Å². The SMILES string of the molecule is COc1c(-c2ccc3cc(NS(C)(=O)=O)ccc3c2)cc(N2CCC(=O)NC2=O)cc1C(C)(C)C.O.[Na]. The van der Waals surface area contributed by atoms with E-state index in [1.807, 2.05) is 36.4 Å². The first kappa shape index (κ1) is 30.6. The Hall–Kier alpha value is -2.63. The average molecular weight is 537 g/mol. The number of benzene rings is 3. The molecule has 0 saturated carbocycles. The van der Waals surface area contributed by atoms with E-state index in [-0.39, 0.29) is 52.8 Å². The third-order valence-electron chi connectivity index (χ3n) is 5.91. The minimum Gasteiger partial charge on any atom is -0.496 e. The molecule has 3 amide bonds. The Labute approximate surface area is 239 Å². The van der Waals surface area contributed by atoms with E-state index < -0.39 is 16.1 Å². The number of rotatable bonds is 5. The number of fused-ring (bicyclic) bond motifs is 1. The van der Waals surface area contributed by atoms with E-state index >= 15 is 0 Å². The number of hydrogen-bond acceptors (Lipinski definition) is 5. The Morgan fingerprint density at radius 3 is 2.24 bits per heavy atom. The largest absolute Gasteiger partial charge is 0.496 e. The second-order valence-corrected chi connectivity index (χ2v) is 11.5. The Bertz CT molecular complexity index is 1450. The van der Waals surface area contributed by atoms with Gasteiger partial charge in [-0.2, -0.15) is 0 Å². The smallest absolute Gasteiger partial charge is 0.328 e. The molecule has 1 aliphatic rings. The van der Waals surface area contributed by atoms with Crippen molar-refractivity contribution in [2.75, 3.05) is 29.5 Å². The number of ether oxygens (including phenoxy) is 1. The van der Waals surface area contributed by atoms with E-state index in [9.17, 15) is 18.0 Å². The minimum absolute atomic E-state index is 0. The third-order valence-corrected chi connectivity index (χ3v) is 6.51. The van der Waals surface area contributed by atoms with Crippen molar-refractivity contribution in [3.05, 3.63) is 54.1 Å². The number of nitrogens with zero attached hydrogens (tertiary/aromatic N) is 1. The van der Waals surface area contributed by atoms with Gasteiger partial charge >= 0.3 is 6.03 Å². The van der Waals surface area contributed by atoms with Gasteiger partial charge in [-0.3, -0.25) is 19.7 Å². The molecule has 4 rings (SSSR count). The molecular formula is C26H31N3NaO6S. The van der Waals surface area contributed by atoms with Gasteiger partial charge in [0.1, 0.15) is 5.75 Å². The average Bonchev–Trinajstić information content (AvgIpc) is 2.76.